The second-order valence-corrected chi connectivity index (χ2v) is 14.2. The second-order valence-electron chi connectivity index (χ2n) is 14.2. The molecule has 4 amide bonds. The van der Waals surface area contributed by atoms with E-state index in [2.05, 4.69) is 21.3 Å². The Morgan fingerprint density at radius 3 is 1.95 bits per heavy atom. The molecule has 11 unspecified atom stereocenters. The van der Waals surface area contributed by atoms with Crippen LogP contribution in [0.5, 0.6) is 0 Å². The summed E-state index contributed by atoms with van der Waals surface area (Å²) in [5.74, 6) is -6.61. The normalized spacial score (nSPS) is 27.7. The Morgan fingerprint density at radius 1 is 0.800 bits per heavy atom. The minimum absolute atomic E-state index is 0.00767. The van der Waals surface area contributed by atoms with Gasteiger partial charge >= 0.3 is 5.97 Å². The van der Waals surface area contributed by atoms with Crippen molar-refractivity contribution < 1.29 is 92.9 Å². The number of nitrogens with one attached hydrogen (secondary N) is 4. The highest BCUT2D eigenvalue weighted by Gasteiger charge is 2.56. The van der Waals surface area contributed by atoms with E-state index in [1.165, 1.54) is 18.7 Å². The van der Waals surface area contributed by atoms with Crippen molar-refractivity contribution in [3.8, 4) is 0 Å². The standard InChI is InChI=1S/C36H65N5O19/c1-21(43)39-29-24(46)17-36(35(52)53,60-34(29)31(49)25(47)19-42)58-20-27-32(50)33(51)30(40-22(2)44)26(59-27)5-9-54-12-8-41(23(3)45)18-28(48)38-7-11-56-14-16-57-15-13-55-10-6-37-4/h24-27,29-34,37,42,46-47,49-51H,5-20H2,1-4H3,(H,38,48)(H,39,43)(H,40,44)(H,52,53). The summed E-state index contributed by atoms with van der Waals surface area (Å²) in [6.45, 7) is 4.87. The summed E-state index contributed by atoms with van der Waals surface area (Å²) in [6.07, 6.45) is -14.2. The van der Waals surface area contributed by atoms with Gasteiger partial charge in [0.05, 0.1) is 90.3 Å². The fourth-order valence-electron chi connectivity index (χ4n) is 6.37. The van der Waals surface area contributed by atoms with Crippen LogP contribution in [0.1, 0.15) is 33.6 Å². The largest absolute Gasteiger partial charge is 0.477 e. The van der Waals surface area contributed by atoms with Crippen molar-refractivity contribution in [2.75, 3.05) is 99.3 Å². The Morgan fingerprint density at radius 2 is 1.38 bits per heavy atom. The van der Waals surface area contributed by atoms with Crippen molar-refractivity contribution in [3.05, 3.63) is 0 Å². The predicted octanol–water partition coefficient (Wildman–Crippen LogP) is -6.21. The van der Waals surface area contributed by atoms with Crippen molar-refractivity contribution in [2.45, 2.75) is 100 Å². The third-order valence-electron chi connectivity index (χ3n) is 9.53. The first-order chi connectivity index (χ1) is 28.5. The van der Waals surface area contributed by atoms with Crippen LogP contribution in [0.15, 0.2) is 0 Å². The number of likely N-dealkylation sites (N-methyl/N-ethyl adjacent to an activating group) is 1. The zero-order chi connectivity index (χ0) is 44.8. The van der Waals surface area contributed by atoms with Gasteiger partial charge in [0, 0.05) is 53.4 Å². The first-order valence-corrected chi connectivity index (χ1v) is 19.7. The number of carboxylic acids is 1. The van der Waals surface area contributed by atoms with Gasteiger partial charge in [0.15, 0.2) is 0 Å². The van der Waals surface area contributed by atoms with Crippen LogP contribution in [0.25, 0.3) is 0 Å². The van der Waals surface area contributed by atoms with E-state index in [-0.39, 0.29) is 51.8 Å². The molecule has 2 aliphatic heterocycles. The van der Waals surface area contributed by atoms with Gasteiger partial charge in [-0.2, -0.15) is 0 Å². The van der Waals surface area contributed by atoms with Crippen LogP contribution in [0.2, 0.25) is 0 Å². The van der Waals surface area contributed by atoms with Gasteiger partial charge in [-0.3, -0.25) is 19.2 Å². The van der Waals surface area contributed by atoms with Crippen LogP contribution in [0.3, 0.4) is 0 Å². The molecule has 11 N–H and O–H groups in total. The molecule has 60 heavy (non-hydrogen) atoms. The van der Waals surface area contributed by atoms with Crippen molar-refractivity contribution >= 4 is 29.6 Å². The number of aliphatic carboxylic acids is 1. The number of hydrogen-bond donors (Lipinski definition) is 11. The number of nitrogens with zero attached hydrogens (tertiary/aromatic N) is 1. The van der Waals surface area contributed by atoms with E-state index >= 15 is 0 Å². The molecule has 348 valence electrons. The van der Waals surface area contributed by atoms with Crippen LogP contribution in [-0.4, -0.2) is 236 Å². The van der Waals surface area contributed by atoms with Gasteiger partial charge in [-0.15, -0.1) is 0 Å². The van der Waals surface area contributed by atoms with Gasteiger partial charge in [0.25, 0.3) is 5.79 Å². The lowest BCUT2D eigenvalue weighted by Crippen LogP contribution is -2.68. The molecule has 0 spiro atoms. The van der Waals surface area contributed by atoms with Gasteiger partial charge in [-0.05, 0) is 13.5 Å². The fraction of sp³-hybridized carbons (Fsp3) is 0.861. The molecule has 0 aromatic heterocycles. The second kappa shape index (κ2) is 27.7. The molecule has 0 radical (unpaired) electrons. The average molecular weight is 872 g/mol. The molecular weight excluding hydrogens is 806 g/mol. The number of ether oxygens (including phenoxy) is 7. The summed E-state index contributed by atoms with van der Waals surface area (Å²) >= 11 is 0. The molecule has 0 saturated carbocycles. The van der Waals surface area contributed by atoms with E-state index in [0.29, 0.717) is 33.0 Å². The zero-order valence-corrected chi connectivity index (χ0v) is 34.6. The third-order valence-corrected chi connectivity index (χ3v) is 9.53. The predicted molar refractivity (Wildman–Crippen MR) is 204 cm³/mol. The van der Waals surface area contributed by atoms with Gasteiger partial charge in [0.1, 0.15) is 36.6 Å². The molecule has 2 saturated heterocycles. The molecule has 0 aromatic rings. The Labute approximate surface area is 348 Å². The third kappa shape index (κ3) is 17.6. The van der Waals surface area contributed by atoms with Crippen LogP contribution >= 0.6 is 0 Å². The summed E-state index contributed by atoms with van der Waals surface area (Å²) in [5, 5.41) is 83.7. The summed E-state index contributed by atoms with van der Waals surface area (Å²) < 4.78 is 39.1. The lowest BCUT2D eigenvalue weighted by atomic mass is 9.88. The molecule has 11 atom stereocenters. The Bertz CT molecular complexity index is 1320. The van der Waals surface area contributed by atoms with Crippen molar-refractivity contribution in [2.24, 2.45) is 0 Å². The van der Waals surface area contributed by atoms with Crippen LogP contribution in [0, 0.1) is 0 Å². The van der Waals surface area contributed by atoms with E-state index < -0.39 is 110 Å². The highest BCUT2D eigenvalue weighted by molar-refractivity contribution is 5.83. The SMILES string of the molecule is CNCCOCCOCCOCCNC(=O)CN(CCOCCC1OC(COC2(C(=O)O)CC(O)C(NC(C)=O)C(C(O)C(O)CO)O2)C(O)C(O)C1NC(C)=O)C(C)=O. The van der Waals surface area contributed by atoms with Gasteiger partial charge in [-0.25, -0.2) is 4.79 Å². The summed E-state index contributed by atoms with van der Waals surface area (Å²) in [5.41, 5.74) is 0. The number of rotatable bonds is 29. The topological polar surface area (TPSA) is 343 Å². The first kappa shape index (κ1) is 52.9. The van der Waals surface area contributed by atoms with E-state index in [1.807, 2.05) is 7.05 Å². The maximum absolute atomic E-state index is 12.6. The van der Waals surface area contributed by atoms with Crippen molar-refractivity contribution in [3.63, 3.8) is 0 Å². The van der Waals surface area contributed by atoms with Crippen molar-refractivity contribution in [1.29, 1.82) is 0 Å². The van der Waals surface area contributed by atoms with Crippen LogP contribution in [-0.2, 0) is 57.1 Å². The lowest BCUT2D eigenvalue weighted by Gasteiger charge is -2.48. The highest BCUT2D eigenvalue weighted by Crippen LogP contribution is 2.35. The number of carbonyl (C=O) groups is 5. The quantitative estimate of drug-likeness (QED) is 0.0312. The molecule has 2 rings (SSSR count). The van der Waals surface area contributed by atoms with Crippen LogP contribution < -0.4 is 21.3 Å². The van der Waals surface area contributed by atoms with Gasteiger partial charge in [0.2, 0.25) is 23.6 Å². The lowest BCUT2D eigenvalue weighted by molar-refractivity contribution is -0.322. The first-order valence-electron chi connectivity index (χ1n) is 19.7. The maximum Gasteiger partial charge on any atom is 0.364 e. The number of carboxylic acid groups (broad SMARTS) is 1. The molecule has 0 aliphatic carbocycles. The number of aliphatic hydroxyl groups is 6. The fourth-order valence-corrected chi connectivity index (χ4v) is 6.37. The molecular formula is C36H65N5O19. The Hall–Kier alpha value is -3.21. The number of amides is 4. The van der Waals surface area contributed by atoms with Gasteiger partial charge < -0.3 is 95.1 Å². The molecule has 2 aliphatic rings. The summed E-state index contributed by atoms with van der Waals surface area (Å²) in [4.78, 5) is 62.4. The van der Waals surface area contributed by atoms with E-state index in [4.69, 9.17) is 33.2 Å². The van der Waals surface area contributed by atoms with E-state index in [1.54, 1.807) is 0 Å². The number of aliphatic hydroxyl groups excluding tert-OH is 6. The molecule has 24 heteroatoms. The van der Waals surface area contributed by atoms with E-state index in [0.717, 1.165) is 13.5 Å². The van der Waals surface area contributed by atoms with Crippen molar-refractivity contribution in [1.82, 2.24) is 26.2 Å². The van der Waals surface area contributed by atoms with Gasteiger partial charge in [-0.1, -0.05) is 0 Å². The summed E-state index contributed by atoms with van der Waals surface area (Å²) in [7, 11) is 1.84. The van der Waals surface area contributed by atoms with Crippen LogP contribution in [0.4, 0.5) is 0 Å². The zero-order valence-electron chi connectivity index (χ0n) is 34.6. The maximum atomic E-state index is 12.6. The molecule has 2 fully saturated rings. The minimum Gasteiger partial charge on any atom is -0.477 e. The van der Waals surface area contributed by atoms with E-state index in [9.17, 15) is 59.7 Å². The Balaban J connectivity index is 1.94. The molecule has 0 bridgehead atoms. The molecule has 0 aromatic carbocycles. The average Bonchev–Trinajstić information content (AvgIpc) is 3.19. The minimum atomic E-state index is -2.75. The molecule has 2 heterocycles. The monoisotopic (exact) mass is 871 g/mol. The summed E-state index contributed by atoms with van der Waals surface area (Å²) in [6, 6.07) is -2.61. The highest BCUT2D eigenvalue weighted by atomic mass is 16.7. The number of hydrogen-bond acceptors (Lipinski definition) is 19. The Kier molecular flexibility index (Phi) is 24.4. The molecule has 24 nitrogen and oxygen atoms in total. The number of carbonyl (C=O) groups excluding carboxylic acids is 4. The smallest absolute Gasteiger partial charge is 0.364 e.